The normalized spacial score (nSPS) is 20.7. The van der Waals surface area contributed by atoms with Gasteiger partial charge in [-0.05, 0) is 25.2 Å². The van der Waals surface area contributed by atoms with Gasteiger partial charge >= 0.3 is 5.97 Å². The lowest BCUT2D eigenvalue weighted by Gasteiger charge is -2.29. The van der Waals surface area contributed by atoms with Crippen molar-refractivity contribution in [3.8, 4) is 0 Å². The number of methoxy groups -OCH3 is 1. The van der Waals surface area contributed by atoms with E-state index < -0.39 is 5.41 Å². The Morgan fingerprint density at radius 2 is 2.33 bits per heavy atom. The fourth-order valence-corrected chi connectivity index (χ4v) is 3.46. The molecule has 1 aromatic heterocycles. The summed E-state index contributed by atoms with van der Waals surface area (Å²) in [6.45, 7) is 1.37. The van der Waals surface area contributed by atoms with Crippen LogP contribution in [0, 0.1) is 11.3 Å². The Kier molecular flexibility index (Phi) is 4.02. The van der Waals surface area contributed by atoms with Gasteiger partial charge in [-0.3, -0.25) is 4.79 Å². The third-order valence-corrected chi connectivity index (χ3v) is 4.86. The summed E-state index contributed by atoms with van der Waals surface area (Å²) in [5.74, 6) is 1.60. The zero-order chi connectivity index (χ0) is 14.9. The number of hydrogen-bond acceptors (Lipinski definition) is 4. The van der Waals surface area contributed by atoms with Gasteiger partial charge in [0.05, 0.1) is 18.2 Å². The molecule has 0 bridgehead atoms. The molecule has 1 aromatic rings. The number of fused-ring (bicyclic) bond motifs is 1. The first-order chi connectivity index (χ1) is 10.2. The van der Waals surface area contributed by atoms with Crippen LogP contribution in [0.15, 0.2) is 6.20 Å². The lowest BCUT2D eigenvalue weighted by molar-refractivity contribution is -0.153. The molecule has 2 N–H and O–H groups in total. The largest absolute Gasteiger partial charge is 0.469 e. The summed E-state index contributed by atoms with van der Waals surface area (Å²) in [7, 11) is 1.46. The molecule has 3 rings (SSSR count). The molecular weight excluding hydrogens is 266 g/mol. The molecule has 0 radical (unpaired) electrons. The number of aromatic nitrogens is 2. The van der Waals surface area contributed by atoms with E-state index in [0.29, 0.717) is 18.9 Å². The third-order valence-electron chi connectivity index (χ3n) is 4.86. The molecule has 1 atom stereocenters. The van der Waals surface area contributed by atoms with Gasteiger partial charge in [0, 0.05) is 32.1 Å². The van der Waals surface area contributed by atoms with E-state index in [-0.39, 0.29) is 5.97 Å². The quantitative estimate of drug-likeness (QED) is 0.810. The van der Waals surface area contributed by atoms with Gasteiger partial charge in [-0.1, -0.05) is 12.8 Å². The summed E-state index contributed by atoms with van der Waals surface area (Å²) in [4.78, 5) is 17.1. The lowest BCUT2D eigenvalue weighted by atomic mass is 9.78. The van der Waals surface area contributed by atoms with E-state index in [2.05, 4.69) is 10.8 Å². The van der Waals surface area contributed by atoms with Crippen LogP contribution in [0.2, 0.25) is 0 Å². The van der Waals surface area contributed by atoms with Crippen molar-refractivity contribution in [2.24, 2.45) is 17.1 Å². The SMILES string of the molecule is COC(=O)C(CN)(Cc1cn2c(n1)CCCC2)CC1CC1. The Morgan fingerprint density at radius 3 is 2.95 bits per heavy atom. The first-order valence-corrected chi connectivity index (χ1v) is 8.00. The van der Waals surface area contributed by atoms with Crippen LogP contribution in [0.25, 0.3) is 0 Å². The molecule has 2 aliphatic rings. The summed E-state index contributed by atoms with van der Waals surface area (Å²) >= 11 is 0. The smallest absolute Gasteiger partial charge is 0.313 e. The fraction of sp³-hybridized carbons (Fsp3) is 0.750. The van der Waals surface area contributed by atoms with Crippen LogP contribution in [-0.4, -0.2) is 29.2 Å². The van der Waals surface area contributed by atoms with Crippen LogP contribution < -0.4 is 5.73 Å². The van der Waals surface area contributed by atoms with Gasteiger partial charge in [-0.2, -0.15) is 0 Å². The van der Waals surface area contributed by atoms with Crippen molar-refractivity contribution in [2.75, 3.05) is 13.7 Å². The van der Waals surface area contributed by atoms with Crippen molar-refractivity contribution in [2.45, 2.75) is 51.5 Å². The molecule has 1 aliphatic carbocycles. The van der Waals surface area contributed by atoms with Gasteiger partial charge in [0.15, 0.2) is 0 Å². The zero-order valence-electron chi connectivity index (χ0n) is 12.8. The molecule has 1 saturated carbocycles. The molecule has 0 aromatic carbocycles. The minimum atomic E-state index is -0.597. The highest BCUT2D eigenvalue weighted by molar-refractivity contribution is 5.77. The molecule has 0 saturated heterocycles. The third kappa shape index (κ3) is 2.98. The number of nitrogens with zero attached hydrogens (tertiary/aromatic N) is 2. The lowest BCUT2D eigenvalue weighted by Crippen LogP contribution is -2.42. The maximum Gasteiger partial charge on any atom is 0.313 e. The van der Waals surface area contributed by atoms with Crippen molar-refractivity contribution in [1.29, 1.82) is 0 Å². The van der Waals surface area contributed by atoms with Gasteiger partial charge in [0.25, 0.3) is 0 Å². The molecule has 2 heterocycles. The minimum absolute atomic E-state index is 0.178. The van der Waals surface area contributed by atoms with Gasteiger partial charge < -0.3 is 15.0 Å². The molecular formula is C16H25N3O2. The number of rotatable bonds is 6. The van der Waals surface area contributed by atoms with E-state index in [9.17, 15) is 4.79 Å². The van der Waals surface area contributed by atoms with Crippen LogP contribution in [0.1, 0.15) is 43.6 Å². The van der Waals surface area contributed by atoms with E-state index in [1.54, 1.807) is 0 Å². The molecule has 5 nitrogen and oxygen atoms in total. The van der Waals surface area contributed by atoms with Gasteiger partial charge in [-0.15, -0.1) is 0 Å². The van der Waals surface area contributed by atoms with Crippen molar-refractivity contribution in [3.05, 3.63) is 17.7 Å². The van der Waals surface area contributed by atoms with Crippen LogP contribution in [0.4, 0.5) is 0 Å². The second kappa shape index (κ2) is 5.79. The van der Waals surface area contributed by atoms with Gasteiger partial charge in [0.2, 0.25) is 0 Å². The highest BCUT2D eigenvalue weighted by Crippen LogP contribution is 2.42. The fourth-order valence-electron chi connectivity index (χ4n) is 3.46. The number of aryl methyl sites for hydroxylation is 2. The molecule has 116 valence electrons. The Morgan fingerprint density at radius 1 is 1.52 bits per heavy atom. The number of imidazole rings is 1. The standard InChI is InChI=1S/C16H25N3O2/c1-21-15(20)16(11-17,8-12-5-6-12)9-13-10-19-7-3-2-4-14(19)18-13/h10,12H,2-9,11,17H2,1H3. The number of esters is 1. The summed E-state index contributed by atoms with van der Waals surface area (Å²) in [6.07, 6.45) is 9.41. The first-order valence-electron chi connectivity index (χ1n) is 8.00. The number of carbonyl (C=O) groups is 1. The topological polar surface area (TPSA) is 70.1 Å². The average Bonchev–Trinajstić information content (AvgIpc) is 3.22. The van der Waals surface area contributed by atoms with Crippen molar-refractivity contribution < 1.29 is 9.53 Å². The molecule has 1 unspecified atom stereocenters. The first kappa shape index (κ1) is 14.6. The van der Waals surface area contributed by atoms with Crippen LogP contribution in [-0.2, 0) is 28.9 Å². The summed E-state index contributed by atoms with van der Waals surface area (Å²) in [6, 6.07) is 0. The molecule has 1 fully saturated rings. The van der Waals surface area contributed by atoms with Crippen molar-refractivity contribution >= 4 is 5.97 Å². The highest BCUT2D eigenvalue weighted by Gasteiger charge is 2.43. The van der Waals surface area contributed by atoms with E-state index >= 15 is 0 Å². The van der Waals surface area contributed by atoms with Gasteiger partial charge in [-0.25, -0.2) is 4.98 Å². The highest BCUT2D eigenvalue weighted by atomic mass is 16.5. The predicted octanol–water partition coefficient (Wildman–Crippen LogP) is 1.68. The number of nitrogens with two attached hydrogens (primary N) is 1. The van der Waals surface area contributed by atoms with E-state index in [4.69, 9.17) is 15.5 Å². The van der Waals surface area contributed by atoms with Crippen LogP contribution >= 0.6 is 0 Å². The van der Waals surface area contributed by atoms with E-state index in [0.717, 1.165) is 30.9 Å². The summed E-state index contributed by atoms with van der Waals surface area (Å²) in [5.41, 5.74) is 6.39. The van der Waals surface area contributed by atoms with Crippen LogP contribution in [0.3, 0.4) is 0 Å². The molecule has 21 heavy (non-hydrogen) atoms. The van der Waals surface area contributed by atoms with Crippen LogP contribution in [0.5, 0.6) is 0 Å². The predicted molar refractivity (Wildman–Crippen MR) is 79.7 cm³/mol. The van der Waals surface area contributed by atoms with E-state index in [1.165, 1.54) is 32.8 Å². The maximum absolute atomic E-state index is 12.3. The second-order valence-corrected chi connectivity index (χ2v) is 6.60. The minimum Gasteiger partial charge on any atom is -0.469 e. The molecule has 5 heteroatoms. The maximum atomic E-state index is 12.3. The van der Waals surface area contributed by atoms with Crippen molar-refractivity contribution in [1.82, 2.24) is 9.55 Å². The zero-order valence-corrected chi connectivity index (χ0v) is 12.8. The molecule has 0 spiro atoms. The Bertz CT molecular complexity index is 498. The number of carbonyl (C=O) groups excluding carboxylic acids is 1. The summed E-state index contributed by atoms with van der Waals surface area (Å²) in [5, 5.41) is 0. The Hall–Kier alpha value is -1.36. The number of hydrogen-bond donors (Lipinski definition) is 1. The molecule has 1 aliphatic heterocycles. The molecule has 0 amide bonds. The Balaban J connectivity index is 1.82. The van der Waals surface area contributed by atoms with Crippen molar-refractivity contribution in [3.63, 3.8) is 0 Å². The number of ether oxygens (including phenoxy) is 1. The monoisotopic (exact) mass is 291 g/mol. The summed E-state index contributed by atoms with van der Waals surface area (Å²) < 4.78 is 7.29. The van der Waals surface area contributed by atoms with Gasteiger partial charge in [0.1, 0.15) is 5.82 Å². The second-order valence-electron chi connectivity index (χ2n) is 6.60. The Labute approximate surface area is 125 Å². The average molecular weight is 291 g/mol. The van der Waals surface area contributed by atoms with E-state index in [1.807, 2.05) is 0 Å².